The molecule has 3 N–H and O–H groups in total. The van der Waals surface area contributed by atoms with Gasteiger partial charge in [0.2, 0.25) is 5.95 Å². The highest BCUT2D eigenvalue weighted by Crippen LogP contribution is 2.24. The molecule has 27 heavy (non-hydrogen) atoms. The topological polar surface area (TPSA) is 83.0 Å². The molecular formula is C20H22FN5O. The van der Waals surface area contributed by atoms with E-state index in [-0.39, 0.29) is 24.4 Å². The van der Waals surface area contributed by atoms with Gasteiger partial charge in [-0.1, -0.05) is 19.9 Å². The van der Waals surface area contributed by atoms with Crippen LogP contribution in [-0.2, 0) is 0 Å². The molecule has 1 atom stereocenters. The van der Waals surface area contributed by atoms with E-state index in [1.165, 1.54) is 12.1 Å². The molecular weight excluding hydrogens is 345 g/mol. The number of halogens is 1. The Labute approximate surface area is 157 Å². The van der Waals surface area contributed by atoms with Gasteiger partial charge in [0.15, 0.2) is 0 Å². The SMILES string of the molecule is CC(C)[C@H](CO)Nc1nc(Nc2cccc(F)c2)cc(-c2cccnc2)n1. The zero-order valence-electron chi connectivity index (χ0n) is 15.2. The molecule has 0 saturated carbocycles. The Morgan fingerprint density at radius 2 is 1.96 bits per heavy atom. The highest BCUT2D eigenvalue weighted by Gasteiger charge is 2.15. The molecule has 0 unspecified atom stereocenters. The van der Waals surface area contributed by atoms with Gasteiger partial charge in [-0.3, -0.25) is 4.98 Å². The lowest BCUT2D eigenvalue weighted by Crippen LogP contribution is -2.30. The average molecular weight is 367 g/mol. The van der Waals surface area contributed by atoms with Crippen molar-refractivity contribution < 1.29 is 9.50 Å². The average Bonchev–Trinajstić information content (AvgIpc) is 2.66. The van der Waals surface area contributed by atoms with Crippen molar-refractivity contribution in [2.24, 2.45) is 5.92 Å². The fraction of sp³-hybridized carbons (Fsp3) is 0.250. The third-order valence-electron chi connectivity index (χ3n) is 4.10. The smallest absolute Gasteiger partial charge is 0.225 e. The molecule has 0 saturated heterocycles. The van der Waals surface area contributed by atoms with E-state index in [1.807, 2.05) is 26.0 Å². The van der Waals surface area contributed by atoms with Crippen molar-refractivity contribution in [1.29, 1.82) is 0 Å². The zero-order valence-corrected chi connectivity index (χ0v) is 15.2. The molecule has 0 fully saturated rings. The standard InChI is InChI=1S/C20H22FN5O/c1-13(2)18(12-27)25-20-24-17(14-5-4-8-22-11-14)10-19(26-20)23-16-7-3-6-15(21)9-16/h3-11,13,18,27H,12H2,1-2H3,(H2,23,24,25,26)/t18-/m0/s1. The van der Waals surface area contributed by atoms with E-state index in [9.17, 15) is 9.50 Å². The molecule has 7 heteroatoms. The Kier molecular flexibility index (Phi) is 5.93. The first-order valence-electron chi connectivity index (χ1n) is 8.74. The predicted octanol–water partition coefficient (Wildman–Crippen LogP) is 3.85. The monoisotopic (exact) mass is 367 g/mol. The lowest BCUT2D eigenvalue weighted by molar-refractivity contribution is 0.248. The summed E-state index contributed by atoms with van der Waals surface area (Å²) in [4.78, 5) is 13.1. The predicted molar refractivity (Wildman–Crippen MR) is 104 cm³/mol. The first kappa shape index (κ1) is 18.7. The van der Waals surface area contributed by atoms with Gasteiger partial charge in [0.05, 0.1) is 18.3 Å². The van der Waals surface area contributed by atoms with Gasteiger partial charge in [0, 0.05) is 29.7 Å². The molecule has 0 aliphatic carbocycles. The van der Waals surface area contributed by atoms with Crippen LogP contribution in [0.1, 0.15) is 13.8 Å². The number of hydrogen-bond donors (Lipinski definition) is 3. The molecule has 0 aliphatic heterocycles. The van der Waals surface area contributed by atoms with Crippen LogP contribution in [0.15, 0.2) is 54.9 Å². The number of nitrogens with one attached hydrogen (secondary N) is 2. The van der Waals surface area contributed by atoms with Crippen molar-refractivity contribution in [2.75, 3.05) is 17.2 Å². The summed E-state index contributed by atoms with van der Waals surface area (Å²) in [5.41, 5.74) is 2.08. The fourth-order valence-electron chi connectivity index (χ4n) is 2.54. The second kappa shape index (κ2) is 8.55. The molecule has 0 bridgehead atoms. The number of rotatable bonds is 7. The molecule has 6 nitrogen and oxygen atoms in total. The van der Waals surface area contributed by atoms with Crippen LogP contribution in [0.5, 0.6) is 0 Å². The molecule has 2 heterocycles. The third-order valence-corrected chi connectivity index (χ3v) is 4.10. The van der Waals surface area contributed by atoms with Gasteiger partial charge in [-0.15, -0.1) is 0 Å². The Bertz CT molecular complexity index is 889. The summed E-state index contributed by atoms with van der Waals surface area (Å²) in [5, 5.41) is 15.9. The first-order chi connectivity index (χ1) is 13.0. The lowest BCUT2D eigenvalue weighted by atomic mass is 10.1. The number of aliphatic hydroxyl groups excluding tert-OH is 1. The van der Waals surface area contributed by atoms with Crippen molar-refractivity contribution in [3.05, 3.63) is 60.7 Å². The van der Waals surface area contributed by atoms with E-state index in [1.54, 1.807) is 30.6 Å². The number of aromatic nitrogens is 3. The maximum absolute atomic E-state index is 13.5. The Hall–Kier alpha value is -3.06. The van der Waals surface area contributed by atoms with Gasteiger partial charge in [-0.25, -0.2) is 9.37 Å². The normalized spacial score (nSPS) is 12.0. The Balaban J connectivity index is 1.97. The van der Waals surface area contributed by atoms with Crippen molar-refractivity contribution in [1.82, 2.24) is 15.0 Å². The highest BCUT2D eigenvalue weighted by atomic mass is 19.1. The molecule has 0 radical (unpaired) electrons. The van der Waals surface area contributed by atoms with E-state index in [2.05, 4.69) is 25.6 Å². The van der Waals surface area contributed by atoms with E-state index < -0.39 is 0 Å². The van der Waals surface area contributed by atoms with E-state index in [0.29, 0.717) is 23.1 Å². The second-order valence-corrected chi connectivity index (χ2v) is 6.52. The summed E-state index contributed by atoms with van der Waals surface area (Å²) in [6, 6.07) is 11.5. The lowest BCUT2D eigenvalue weighted by Gasteiger charge is -2.20. The van der Waals surface area contributed by atoms with Crippen LogP contribution >= 0.6 is 0 Å². The number of anilines is 3. The molecule has 0 aliphatic rings. The van der Waals surface area contributed by atoms with Crippen molar-refractivity contribution >= 4 is 17.5 Å². The van der Waals surface area contributed by atoms with Crippen LogP contribution < -0.4 is 10.6 Å². The molecule has 0 amide bonds. The number of benzene rings is 1. The number of nitrogens with zero attached hydrogens (tertiary/aromatic N) is 3. The molecule has 2 aromatic heterocycles. The molecule has 3 aromatic rings. The van der Waals surface area contributed by atoms with Gasteiger partial charge in [0.1, 0.15) is 11.6 Å². The van der Waals surface area contributed by atoms with E-state index >= 15 is 0 Å². The maximum Gasteiger partial charge on any atom is 0.225 e. The molecule has 3 rings (SSSR count). The Morgan fingerprint density at radius 1 is 1.11 bits per heavy atom. The summed E-state index contributed by atoms with van der Waals surface area (Å²) in [6.45, 7) is 3.97. The summed E-state index contributed by atoms with van der Waals surface area (Å²) >= 11 is 0. The number of pyridine rings is 1. The summed E-state index contributed by atoms with van der Waals surface area (Å²) in [5.74, 6) is 0.751. The van der Waals surface area contributed by atoms with Crippen molar-refractivity contribution in [2.45, 2.75) is 19.9 Å². The van der Waals surface area contributed by atoms with Crippen LogP contribution in [0.3, 0.4) is 0 Å². The zero-order chi connectivity index (χ0) is 19.2. The van der Waals surface area contributed by atoms with Crippen molar-refractivity contribution in [3.63, 3.8) is 0 Å². The van der Waals surface area contributed by atoms with Crippen LogP contribution in [0.2, 0.25) is 0 Å². The Morgan fingerprint density at radius 3 is 2.63 bits per heavy atom. The third kappa shape index (κ3) is 4.98. The summed E-state index contributed by atoms with van der Waals surface area (Å²) < 4.78 is 13.5. The maximum atomic E-state index is 13.5. The largest absolute Gasteiger partial charge is 0.394 e. The summed E-state index contributed by atoms with van der Waals surface area (Å²) in [7, 11) is 0. The van der Waals surface area contributed by atoms with Gasteiger partial charge < -0.3 is 15.7 Å². The minimum Gasteiger partial charge on any atom is -0.394 e. The van der Waals surface area contributed by atoms with Crippen LogP contribution in [-0.4, -0.2) is 32.7 Å². The van der Waals surface area contributed by atoms with Gasteiger partial charge >= 0.3 is 0 Å². The molecule has 1 aromatic carbocycles. The quantitative estimate of drug-likeness (QED) is 0.588. The van der Waals surface area contributed by atoms with Crippen LogP contribution in [0, 0.1) is 11.7 Å². The number of hydrogen-bond acceptors (Lipinski definition) is 6. The van der Waals surface area contributed by atoms with E-state index in [0.717, 1.165) is 5.56 Å². The fourth-order valence-corrected chi connectivity index (χ4v) is 2.54. The van der Waals surface area contributed by atoms with Crippen LogP contribution in [0.25, 0.3) is 11.3 Å². The van der Waals surface area contributed by atoms with Crippen LogP contribution in [0.4, 0.5) is 21.8 Å². The van der Waals surface area contributed by atoms with Gasteiger partial charge in [-0.05, 0) is 36.2 Å². The van der Waals surface area contributed by atoms with Gasteiger partial charge in [-0.2, -0.15) is 4.98 Å². The highest BCUT2D eigenvalue weighted by molar-refractivity contribution is 5.66. The first-order valence-corrected chi connectivity index (χ1v) is 8.74. The molecule has 0 spiro atoms. The van der Waals surface area contributed by atoms with E-state index in [4.69, 9.17) is 0 Å². The minimum absolute atomic E-state index is 0.0369. The van der Waals surface area contributed by atoms with Gasteiger partial charge in [0.25, 0.3) is 0 Å². The second-order valence-electron chi connectivity index (χ2n) is 6.52. The number of aliphatic hydroxyl groups is 1. The summed E-state index contributed by atoms with van der Waals surface area (Å²) in [6.07, 6.45) is 3.40. The minimum atomic E-state index is -0.333. The van der Waals surface area contributed by atoms with Crippen molar-refractivity contribution in [3.8, 4) is 11.3 Å². The molecule has 140 valence electrons.